The minimum Gasteiger partial charge on any atom is -0.385 e. The van der Waals surface area contributed by atoms with Crippen LogP contribution in [0.25, 0.3) is 0 Å². The maximum atomic E-state index is 13.2. The number of nitrogens with zero attached hydrogens (tertiary/aromatic N) is 2. The zero-order chi connectivity index (χ0) is 12.3. The Morgan fingerprint density at radius 3 is 2.94 bits per heavy atom. The third-order valence-electron chi connectivity index (χ3n) is 2.52. The number of hydrogen-bond donors (Lipinski definition) is 1. The van der Waals surface area contributed by atoms with Crippen LogP contribution in [0, 0.1) is 5.82 Å². The quantitative estimate of drug-likeness (QED) is 0.940. The van der Waals surface area contributed by atoms with Crippen LogP contribution in [0.5, 0.6) is 0 Å². The molecule has 0 saturated heterocycles. The molecule has 0 aliphatic heterocycles. The summed E-state index contributed by atoms with van der Waals surface area (Å²) in [5, 5.41) is 3.16. The molecule has 3 nitrogen and oxygen atoms in total. The van der Waals surface area contributed by atoms with E-state index in [1.807, 2.05) is 23.9 Å². The third-order valence-corrected chi connectivity index (χ3v) is 3.16. The van der Waals surface area contributed by atoms with E-state index in [0.29, 0.717) is 4.47 Å². The van der Waals surface area contributed by atoms with Crippen molar-refractivity contribution in [1.82, 2.24) is 9.55 Å². The summed E-state index contributed by atoms with van der Waals surface area (Å²) in [6.07, 6.45) is 4.49. The lowest BCUT2D eigenvalue weighted by atomic mass is 10.3. The number of imidazole rings is 1. The third kappa shape index (κ3) is 3.06. The zero-order valence-electron chi connectivity index (χ0n) is 9.45. The van der Waals surface area contributed by atoms with E-state index in [0.717, 1.165) is 24.5 Å². The van der Waals surface area contributed by atoms with Gasteiger partial charge in [0.15, 0.2) is 0 Å². The van der Waals surface area contributed by atoms with E-state index in [1.54, 1.807) is 12.3 Å². The van der Waals surface area contributed by atoms with Gasteiger partial charge < -0.3 is 9.88 Å². The number of benzene rings is 1. The van der Waals surface area contributed by atoms with Crippen molar-refractivity contribution in [1.29, 1.82) is 0 Å². The van der Waals surface area contributed by atoms with Gasteiger partial charge in [0.1, 0.15) is 11.6 Å². The maximum absolute atomic E-state index is 13.2. The van der Waals surface area contributed by atoms with Crippen molar-refractivity contribution < 1.29 is 4.39 Å². The molecule has 17 heavy (non-hydrogen) atoms. The van der Waals surface area contributed by atoms with Crippen LogP contribution >= 0.6 is 15.9 Å². The van der Waals surface area contributed by atoms with Crippen molar-refractivity contribution in [3.8, 4) is 0 Å². The number of aryl methyl sites for hydroxylation is 1. The van der Waals surface area contributed by atoms with Crippen LogP contribution in [-0.4, -0.2) is 16.1 Å². The topological polar surface area (TPSA) is 29.9 Å². The van der Waals surface area contributed by atoms with E-state index >= 15 is 0 Å². The fourth-order valence-corrected chi connectivity index (χ4v) is 1.81. The Bertz CT molecular complexity index is 510. The molecular weight excluding hydrogens is 285 g/mol. The first-order valence-corrected chi connectivity index (χ1v) is 6.11. The highest BCUT2D eigenvalue weighted by Gasteiger charge is 2.01. The molecule has 0 saturated carbocycles. The van der Waals surface area contributed by atoms with Gasteiger partial charge in [-0.25, -0.2) is 9.37 Å². The van der Waals surface area contributed by atoms with Crippen LogP contribution in [0.3, 0.4) is 0 Å². The van der Waals surface area contributed by atoms with Crippen LogP contribution in [0.4, 0.5) is 10.1 Å². The van der Waals surface area contributed by atoms with Gasteiger partial charge in [-0.3, -0.25) is 0 Å². The van der Waals surface area contributed by atoms with Crippen molar-refractivity contribution in [3.05, 3.63) is 46.7 Å². The molecular formula is C12H13BrFN3. The number of hydrogen-bond acceptors (Lipinski definition) is 2. The summed E-state index contributed by atoms with van der Waals surface area (Å²) in [6, 6.07) is 5.01. The van der Waals surface area contributed by atoms with Crippen molar-refractivity contribution >= 4 is 21.6 Å². The highest BCUT2D eigenvalue weighted by molar-refractivity contribution is 9.10. The summed E-state index contributed by atoms with van der Waals surface area (Å²) in [7, 11) is 1.96. The van der Waals surface area contributed by atoms with Gasteiger partial charge in [0, 0.05) is 38.1 Å². The predicted molar refractivity (Wildman–Crippen MR) is 69.5 cm³/mol. The van der Waals surface area contributed by atoms with Crippen molar-refractivity contribution in [3.63, 3.8) is 0 Å². The molecule has 0 radical (unpaired) electrons. The summed E-state index contributed by atoms with van der Waals surface area (Å²) in [5.74, 6) is 0.752. The molecule has 5 heteroatoms. The normalized spacial score (nSPS) is 10.5. The number of anilines is 1. The fourth-order valence-electron chi connectivity index (χ4n) is 1.56. The van der Waals surface area contributed by atoms with Gasteiger partial charge in [0.25, 0.3) is 0 Å². The van der Waals surface area contributed by atoms with Gasteiger partial charge in [-0.1, -0.05) is 0 Å². The standard InChI is InChI=1S/C12H13BrFN3/c1-17-7-6-16-12(17)4-5-15-9-2-3-10(13)11(14)8-9/h2-3,6-8,15H,4-5H2,1H3. The van der Waals surface area contributed by atoms with Crippen LogP contribution < -0.4 is 5.32 Å². The Labute approximate surface area is 108 Å². The van der Waals surface area contributed by atoms with Gasteiger partial charge in [-0.2, -0.15) is 0 Å². The summed E-state index contributed by atoms with van der Waals surface area (Å²) in [6.45, 7) is 0.728. The SMILES string of the molecule is Cn1ccnc1CCNc1ccc(Br)c(F)c1. The average molecular weight is 298 g/mol. The minimum atomic E-state index is -0.257. The summed E-state index contributed by atoms with van der Waals surface area (Å²) < 4.78 is 15.7. The zero-order valence-corrected chi connectivity index (χ0v) is 11.0. The van der Waals surface area contributed by atoms with E-state index < -0.39 is 0 Å². The summed E-state index contributed by atoms with van der Waals surface area (Å²) in [5.41, 5.74) is 0.778. The molecule has 1 heterocycles. The molecule has 2 aromatic rings. The van der Waals surface area contributed by atoms with Crippen LogP contribution in [0.2, 0.25) is 0 Å². The Morgan fingerprint density at radius 2 is 2.29 bits per heavy atom. The van der Waals surface area contributed by atoms with E-state index in [1.165, 1.54) is 6.07 Å². The van der Waals surface area contributed by atoms with E-state index in [-0.39, 0.29) is 5.82 Å². The van der Waals surface area contributed by atoms with Crippen molar-refractivity contribution in [2.75, 3.05) is 11.9 Å². The van der Waals surface area contributed by atoms with E-state index in [9.17, 15) is 4.39 Å². The fraction of sp³-hybridized carbons (Fsp3) is 0.250. The average Bonchev–Trinajstić information content (AvgIpc) is 2.70. The lowest BCUT2D eigenvalue weighted by Crippen LogP contribution is -2.08. The first-order chi connectivity index (χ1) is 8.16. The highest BCUT2D eigenvalue weighted by Crippen LogP contribution is 2.19. The van der Waals surface area contributed by atoms with Crippen molar-refractivity contribution in [2.24, 2.45) is 7.05 Å². The molecule has 0 aliphatic carbocycles. The van der Waals surface area contributed by atoms with Gasteiger partial charge in [-0.15, -0.1) is 0 Å². The van der Waals surface area contributed by atoms with Crippen LogP contribution in [0.1, 0.15) is 5.82 Å². The molecule has 1 aromatic carbocycles. The smallest absolute Gasteiger partial charge is 0.139 e. The Morgan fingerprint density at radius 1 is 1.47 bits per heavy atom. The van der Waals surface area contributed by atoms with E-state index in [2.05, 4.69) is 26.2 Å². The molecule has 0 bridgehead atoms. The van der Waals surface area contributed by atoms with Crippen LogP contribution in [0.15, 0.2) is 35.1 Å². The predicted octanol–water partition coefficient (Wildman–Crippen LogP) is 2.98. The van der Waals surface area contributed by atoms with Gasteiger partial charge in [0.2, 0.25) is 0 Å². The largest absolute Gasteiger partial charge is 0.385 e. The van der Waals surface area contributed by atoms with Crippen molar-refractivity contribution in [2.45, 2.75) is 6.42 Å². The second-order valence-electron chi connectivity index (χ2n) is 3.76. The molecule has 1 aromatic heterocycles. The van der Waals surface area contributed by atoms with Crippen LogP contribution in [-0.2, 0) is 13.5 Å². The number of rotatable bonds is 4. The lowest BCUT2D eigenvalue weighted by molar-refractivity contribution is 0.621. The molecule has 0 amide bonds. The number of halogens is 2. The molecule has 0 aliphatic rings. The molecule has 0 unspecified atom stereocenters. The Hall–Kier alpha value is -1.36. The first-order valence-electron chi connectivity index (χ1n) is 5.32. The molecule has 90 valence electrons. The highest BCUT2D eigenvalue weighted by atomic mass is 79.9. The monoisotopic (exact) mass is 297 g/mol. The minimum absolute atomic E-state index is 0.257. The molecule has 0 atom stereocenters. The Kier molecular flexibility index (Phi) is 3.78. The van der Waals surface area contributed by atoms with Gasteiger partial charge >= 0.3 is 0 Å². The molecule has 1 N–H and O–H groups in total. The van der Waals surface area contributed by atoms with Gasteiger partial charge in [0.05, 0.1) is 4.47 Å². The molecule has 0 fully saturated rings. The number of nitrogens with one attached hydrogen (secondary N) is 1. The molecule has 2 rings (SSSR count). The first kappa shape index (κ1) is 12.1. The van der Waals surface area contributed by atoms with E-state index in [4.69, 9.17) is 0 Å². The second kappa shape index (κ2) is 5.31. The maximum Gasteiger partial charge on any atom is 0.139 e. The summed E-state index contributed by atoms with van der Waals surface area (Å²) in [4.78, 5) is 4.22. The second-order valence-corrected chi connectivity index (χ2v) is 4.61. The Balaban J connectivity index is 1.90. The number of aromatic nitrogens is 2. The molecule has 0 spiro atoms. The van der Waals surface area contributed by atoms with Gasteiger partial charge in [-0.05, 0) is 34.1 Å². The summed E-state index contributed by atoms with van der Waals surface area (Å²) >= 11 is 3.12. The lowest BCUT2D eigenvalue weighted by Gasteiger charge is -2.07.